The summed E-state index contributed by atoms with van der Waals surface area (Å²) in [5.41, 5.74) is 0.884. The molecular weight excluding hydrogens is 561 g/mol. The number of Topliss-reactive ketones (excluding diaryl/α,β-unsaturated/α-hetero) is 3. The summed E-state index contributed by atoms with van der Waals surface area (Å²) in [6.45, 7) is 0. The van der Waals surface area contributed by atoms with Crippen molar-refractivity contribution in [2.45, 2.75) is 18.0 Å². The van der Waals surface area contributed by atoms with Gasteiger partial charge in [0.05, 0.1) is 27.4 Å². The molecule has 0 aromatic heterocycles. The van der Waals surface area contributed by atoms with Crippen molar-refractivity contribution in [2.75, 3.05) is 26.2 Å². The van der Waals surface area contributed by atoms with Crippen LogP contribution in [0.2, 0.25) is 0 Å². The first-order valence-corrected chi connectivity index (χ1v) is 14.2. The molecule has 4 aromatic rings. The Morgan fingerprint density at radius 3 is 2.09 bits per heavy atom. The van der Waals surface area contributed by atoms with Gasteiger partial charge in [-0.2, -0.15) is 0 Å². The second kappa shape index (κ2) is 10.2. The van der Waals surface area contributed by atoms with Gasteiger partial charge in [0.25, 0.3) is 0 Å². The van der Waals surface area contributed by atoms with Crippen LogP contribution in [0.1, 0.15) is 48.1 Å². The van der Waals surface area contributed by atoms with Gasteiger partial charge in [-0.05, 0) is 48.5 Å². The summed E-state index contributed by atoms with van der Waals surface area (Å²) in [6.07, 6.45) is 3.49. The maximum absolute atomic E-state index is 14.8. The van der Waals surface area contributed by atoms with Gasteiger partial charge in [-0.3, -0.25) is 14.4 Å². The van der Waals surface area contributed by atoms with Crippen LogP contribution in [0.3, 0.4) is 0 Å². The highest BCUT2D eigenvalue weighted by Gasteiger charge is 2.72. The minimum Gasteiger partial charge on any atom is -0.497 e. The van der Waals surface area contributed by atoms with Crippen LogP contribution >= 0.6 is 0 Å². The molecule has 1 aliphatic carbocycles. The van der Waals surface area contributed by atoms with E-state index in [9.17, 15) is 18.8 Å². The van der Waals surface area contributed by atoms with E-state index in [1.165, 1.54) is 26.4 Å². The Labute approximate surface area is 253 Å². The Hall–Kier alpha value is -5.24. The minimum absolute atomic E-state index is 0.306. The van der Waals surface area contributed by atoms with Crippen LogP contribution in [-0.4, -0.2) is 50.8 Å². The maximum Gasteiger partial charge on any atom is 0.185 e. The van der Waals surface area contributed by atoms with Crippen molar-refractivity contribution in [3.63, 3.8) is 0 Å². The highest BCUT2D eigenvalue weighted by atomic mass is 19.1. The van der Waals surface area contributed by atoms with E-state index in [-0.39, 0.29) is 17.3 Å². The summed E-state index contributed by atoms with van der Waals surface area (Å²) in [5.74, 6) is -0.993. The number of halogens is 1. The van der Waals surface area contributed by atoms with Crippen LogP contribution in [0.4, 0.5) is 10.1 Å². The molecule has 3 aliphatic rings. The monoisotopic (exact) mass is 589 g/mol. The molecule has 4 aromatic carbocycles. The molecule has 8 heteroatoms. The van der Waals surface area contributed by atoms with E-state index in [2.05, 4.69) is 0 Å². The molecule has 7 rings (SSSR count). The number of benzene rings is 4. The fourth-order valence-electron chi connectivity index (χ4n) is 7.29. The van der Waals surface area contributed by atoms with E-state index in [0.717, 1.165) is 0 Å². The van der Waals surface area contributed by atoms with E-state index >= 15 is 0 Å². The van der Waals surface area contributed by atoms with Crippen LogP contribution in [0.25, 0.3) is 6.08 Å². The minimum atomic E-state index is -1.72. The zero-order valence-electron chi connectivity index (χ0n) is 24.2. The molecule has 2 heterocycles. The number of nitrogens with zero attached hydrogens (tertiary/aromatic N) is 1. The fourth-order valence-corrected chi connectivity index (χ4v) is 7.29. The van der Waals surface area contributed by atoms with Crippen LogP contribution in [0.5, 0.6) is 17.2 Å². The highest BCUT2D eigenvalue weighted by Crippen LogP contribution is 2.62. The van der Waals surface area contributed by atoms with Gasteiger partial charge in [0.1, 0.15) is 34.5 Å². The van der Waals surface area contributed by atoms with Gasteiger partial charge < -0.3 is 19.1 Å². The van der Waals surface area contributed by atoms with E-state index < -0.39 is 29.2 Å². The lowest BCUT2D eigenvalue weighted by Gasteiger charge is -2.37. The van der Waals surface area contributed by atoms with Gasteiger partial charge >= 0.3 is 0 Å². The van der Waals surface area contributed by atoms with Crippen molar-refractivity contribution in [2.24, 2.45) is 5.41 Å². The topological polar surface area (TPSA) is 82.1 Å². The molecule has 3 atom stereocenters. The van der Waals surface area contributed by atoms with Crippen molar-refractivity contribution in [1.82, 2.24) is 0 Å². The first kappa shape index (κ1) is 27.6. The number of rotatable bonds is 6. The Morgan fingerprint density at radius 1 is 0.795 bits per heavy atom. The fraction of sp³-hybridized carbons (Fsp3) is 0.194. The molecular formula is C36H28FNO6. The third-order valence-electron chi connectivity index (χ3n) is 9.18. The Bertz CT molecular complexity index is 1850. The van der Waals surface area contributed by atoms with E-state index in [1.807, 2.05) is 4.90 Å². The lowest BCUT2D eigenvalue weighted by molar-refractivity contribution is 0.0664. The van der Waals surface area contributed by atoms with Crippen molar-refractivity contribution in [3.8, 4) is 17.2 Å². The van der Waals surface area contributed by atoms with Crippen LogP contribution in [0.15, 0.2) is 91.0 Å². The summed E-state index contributed by atoms with van der Waals surface area (Å²) in [4.78, 5) is 46.3. The van der Waals surface area contributed by atoms with Crippen molar-refractivity contribution >= 4 is 29.1 Å². The van der Waals surface area contributed by atoms with E-state index in [1.54, 1.807) is 92.1 Å². The van der Waals surface area contributed by atoms with Gasteiger partial charge in [-0.1, -0.05) is 42.5 Å². The second-order valence-electron chi connectivity index (χ2n) is 11.1. The van der Waals surface area contributed by atoms with Gasteiger partial charge in [0.15, 0.2) is 17.3 Å². The van der Waals surface area contributed by atoms with Crippen LogP contribution in [0, 0.1) is 11.2 Å². The molecule has 220 valence electrons. The number of anilines is 1. The Balaban J connectivity index is 1.55. The molecule has 0 radical (unpaired) electrons. The molecule has 2 aliphatic heterocycles. The van der Waals surface area contributed by atoms with Gasteiger partial charge in [0.2, 0.25) is 0 Å². The number of hydrogen-bond donors (Lipinski definition) is 0. The summed E-state index contributed by atoms with van der Waals surface area (Å²) in [6, 6.07) is 21.1. The second-order valence-corrected chi connectivity index (χ2v) is 11.1. The third kappa shape index (κ3) is 3.70. The molecule has 0 N–H and O–H groups in total. The molecule has 1 spiro atoms. The molecule has 0 amide bonds. The number of hydrogen-bond acceptors (Lipinski definition) is 7. The molecule has 0 bridgehead atoms. The van der Waals surface area contributed by atoms with Gasteiger partial charge in [-0.15, -0.1) is 0 Å². The number of ether oxygens (including phenoxy) is 3. The molecule has 1 fully saturated rings. The number of carbonyl (C=O) groups excluding carboxylic acids is 3. The Morgan fingerprint density at radius 2 is 1.45 bits per heavy atom. The van der Waals surface area contributed by atoms with E-state index in [0.29, 0.717) is 50.8 Å². The largest absolute Gasteiger partial charge is 0.497 e. The molecule has 7 nitrogen and oxygen atoms in total. The number of methoxy groups -OCH3 is 3. The number of fused-ring (bicyclic) bond motifs is 5. The van der Waals surface area contributed by atoms with Gasteiger partial charge in [-0.25, -0.2) is 4.39 Å². The van der Waals surface area contributed by atoms with E-state index in [4.69, 9.17) is 14.2 Å². The van der Waals surface area contributed by atoms with Crippen molar-refractivity contribution in [1.29, 1.82) is 0 Å². The Kier molecular flexibility index (Phi) is 6.39. The van der Waals surface area contributed by atoms with Crippen LogP contribution in [-0.2, 0) is 0 Å². The van der Waals surface area contributed by atoms with Gasteiger partial charge in [0, 0.05) is 45.5 Å². The lowest BCUT2D eigenvalue weighted by Crippen LogP contribution is -2.48. The highest BCUT2D eigenvalue weighted by molar-refractivity contribution is 6.32. The third-order valence-corrected chi connectivity index (χ3v) is 9.18. The zero-order valence-corrected chi connectivity index (χ0v) is 24.2. The summed E-state index contributed by atoms with van der Waals surface area (Å²) >= 11 is 0. The predicted octanol–water partition coefficient (Wildman–Crippen LogP) is 6.17. The van der Waals surface area contributed by atoms with Crippen LogP contribution < -0.4 is 19.1 Å². The summed E-state index contributed by atoms with van der Waals surface area (Å²) in [5, 5.41) is 0. The first-order chi connectivity index (χ1) is 21.3. The molecule has 44 heavy (non-hydrogen) atoms. The quantitative estimate of drug-likeness (QED) is 0.197. The number of carbonyl (C=O) groups is 3. The normalized spacial score (nSPS) is 20.7. The van der Waals surface area contributed by atoms with Crippen molar-refractivity contribution < 1.29 is 33.0 Å². The molecule has 0 saturated carbocycles. The maximum atomic E-state index is 14.8. The standard InChI is InChI=1S/C36H28FNO6/c1-42-23-12-8-20(9-13-23)33(39)32-31(27-15-14-24(43-2)19-29(27)44-3)36(34(40)25-6-4-5-7-26(25)35(36)41)30-17-10-21-18-22(37)11-16-28(21)38(30)32/h4-19,30-32H,1-3H3/t30-,31+,32-/m0/s1. The SMILES string of the molecule is COc1ccc(C(=O)[C@@H]2[C@@H](c3ccc(OC)cc3OC)C3(C(=O)c4ccccc4C3=O)[C@@H]3C=Cc4cc(F)ccc4N23)cc1. The summed E-state index contributed by atoms with van der Waals surface area (Å²) < 4.78 is 31.1. The average Bonchev–Trinajstić information content (AvgIpc) is 3.49. The molecule has 0 unspecified atom stereocenters. The average molecular weight is 590 g/mol. The van der Waals surface area contributed by atoms with Crippen molar-refractivity contribution in [3.05, 3.63) is 125 Å². The zero-order chi connectivity index (χ0) is 30.7. The number of ketones is 3. The predicted molar refractivity (Wildman–Crippen MR) is 163 cm³/mol. The first-order valence-electron chi connectivity index (χ1n) is 14.2. The lowest BCUT2D eigenvalue weighted by atomic mass is 9.64. The molecule has 1 saturated heterocycles. The summed E-state index contributed by atoms with van der Waals surface area (Å²) in [7, 11) is 4.57. The smallest absolute Gasteiger partial charge is 0.185 e.